The summed E-state index contributed by atoms with van der Waals surface area (Å²) in [4.78, 5) is 29.7. The van der Waals surface area contributed by atoms with Gasteiger partial charge in [-0.15, -0.1) is 0 Å². The zero-order valence-corrected chi connectivity index (χ0v) is 28.6. The molecule has 1 saturated carbocycles. The maximum absolute atomic E-state index is 14.6. The standard InChI is InChI=1S/C36H34Cl2F3N3O4S/c37-31-18-10-7-13-26(31)23-43(33(21-25-11-3-1-4-12-25)35(46)42-27-14-8-9-15-27)34(45)24-44(49(47,48)29-16-5-2-6-17-29)28-19-20-32(38)30(22-28)36(39,40)41/h1-7,10-13,16-20,22,27,33H,8-9,14-15,21,23-24H2,(H,42,46). The van der Waals surface area contributed by atoms with Crippen LogP contribution in [-0.4, -0.2) is 43.8 Å². The zero-order chi connectivity index (χ0) is 35.2. The molecule has 1 aliphatic carbocycles. The van der Waals surface area contributed by atoms with Crippen LogP contribution in [0.1, 0.15) is 42.4 Å². The molecule has 49 heavy (non-hydrogen) atoms. The summed E-state index contributed by atoms with van der Waals surface area (Å²) in [5.74, 6) is -1.26. The van der Waals surface area contributed by atoms with Gasteiger partial charge in [-0.3, -0.25) is 13.9 Å². The molecule has 0 saturated heterocycles. The molecule has 0 aliphatic heterocycles. The van der Waals surface area contributed by atoms with E-state index in [9.17, 15) is 31.2 Å². The van der Waals surface area contributed by atoms with E-state index in [1.54, 1.807) is 42.5 Å². The molecule has 4 aromatic carbocycles. The molecule has 0 spiro atoms. The van der Waals surface area contributed by atoms with Gasteiger partial charge >= 0.3 is 6.18 Å². The van der Waals surface area contributed by atoms with Gasteiger partial charge in [0, 0.05) is 24.0 Å². The third-order valence-electron chi connectivity index (χ3n) is 8.42. The molecular formula is C36H34Cl2F3N3O4S. The van der Waals surface area contributed by atoms with Crippen molar-refractivity contribution in [1.82, 2.24) is 10.2 Å². The lowest BCUT2D eigenvalue weighted by Gasteiger charge is -2.34. The van der Waals surface area contributed by atoms with Crippen LogP contribution in [-0.2, 0) is 38.8 Å². The summed E-state index contributed by atoms with van der Waals surface area (Å²) in [5, 5.41) is 2.75. The number of sulfonamides is 1. The number of alkyl halides is 3. The van der Waals surface area contributed by atoms with E-state index in [4.69, 9.17) is 23.2 Å². The molecule has 258 valence electrons. The number of nitrogens with one attached hydrogen (secondary N) is 1. The Morgan fingerprint density at radius 1 is 0.837 bits per heavy atom. The molecule has 0 heterocycles. The van der Waals surface area contributed by atoms with E-state index >= 15 is 0 Å². The number of nitrogens with zero attached hydrogens (tertiary/aromatic N) is 2. The molecule has 0 bridgehead atoms. The van der Waals surface area contributed by atoms with Gasteiger partial charge in [-0.25, -0.2) is 8.42 Å². The highest BCUT2D eigenvalue weighted by Crippen LogP contribution is 2.38. The molecule has 1 atom stereocenters. The second kappa shape index (κ2) is 15.7. The predicted molar refractivity (Wildman–Crippen MR) is 184 cm³/mol. The van der Waals surface area contributed by atoms with Crippen molar-refractivity contribution in [2.75, 3.05) is 10.8 Å². The summed E-state index contributed by atoms with van der Waals surface area (Å²) in [6, 6.07) is 24.3. The average molecular weight is 733 g/mol. The molecule has 0 aromatic heterocycles. The van der Waals surface area contributed by atoms with Crippen LogP contribution in [0.4, 0.5) is 18.9 Å². The second-order valence-corrected chi connectivity index (χ2v) is 14.5. The van der Waals surface area contributed by atoms with Crippen molar-refractivity contribution < 1.29 is 31.2 Å². The number of carbonyl (C=O) groups excluding carboxylic acids is 2. The Kier molecular flexibility index (Phi) is 11.6. The van der Waals surface area contributed by atoms with Gasteiger partial charge < -0.3 is 10.2 Å². The first kappa shape index (κ1) is 36.2. The highest BCUT2D eigenvalue weighted by molar-refractivity contribution is 7.92. The number of hydrogen-bond acceptors (Lipinski definition) is 4. The average Bonchev–Trinajstić information content (AvgIpc) is 3.59. The molecule has 4 aromatic rings. The molecule has 1 fully saturated rings. The molecular weight excluding hydrogens is 698 g/mol. The number of rotatable bonds is 12. The van der Waals surface area contributed by atoms with E-state index in [2.05, 4.69) is 5.32 Å². The summed E-state index contributed by atoms with van der Waals surface area (Å²) in [5.41, 5.74) is -0.459. The largest absolute Gasteiger partial charge is 0.417 e. The van der Waals surface area contributed by atoms with Crippen molar-refractivity contribution in [3.63, 3.8) is 0 Å². The quantitative estimate of drug-likeness (QED) is 0.161. The first-order valence-corrected chi connectivity index (χ1v) is 17.9. The van der Waals surface area contributed by atoms with Crippen molar-refractivity contribution in [1.29, 1.82) is 0 Å². The molecule has 5 rings (SSSR count). The first-order chi connectivity index (χ1) is 23.3. The molecule has 1 aliphatic rings. The zero-order valence-electron chi connectivity index (χ0n) is 26.2. The minimum atomic E-state index is -4.91. The molecule has 7 nitrogen and oxygen atoms in total. The lowest BCUT2D eigenvalue weighted by Crippen LogP contribution is -2.54. The van der Waals surface area contributed by atoms with Gasteiger partial charge in [0.05, 0.1) is 21.2 Å². The normalized spacial score (nSPS) is 14.3. The van der Waals surface area contributed by atoms with Crippen molar-refractivity contribution in [2.45, 2.75) is 61.8 Å². The lowest BCUT2D eigenvalue weighted by atomic mass is 10.0. The molecule has 1 N–H and O–H groups in total. The van der Waals surface area contributed by atoms with Gasteiger partial charge in [-0.2, -0.15) is 13.2 Å². The van der Waals surface area contributed by atoms with Crippen LogP contribution in [0.25, 0.3) is 0 Å². The van der Waals surface area contributed by atoms with Crippen LogP contribution in [0.2, 0.25) is 10.0 Å². The third kappa shape index (κ3) is 8.95. The van der Waals surface area contributed by atoms with Crippen LogP contribution in [0.3, 0.4) is 0 Å². The summed E-state index contributed by atoms with van der Waals surface area (Å²) < 4.78 is 70.7. The predicted octanol–water partition coefficient (Wildman–Crippen LogP) is 7.91. The summed E-state index contributed by atoms with van der Waals surface area (Å²) >= 11 is 12.4. The smallest absolute Gasteiger partial charge is 0.352 e. The fourth-order valence-corrected chi connectivity index (χ4v) is 7.71. The Balaban J connectivity index is 1.61. The van der Waals surface area contributed by atoms with Crippen molar-refractivity contribution in [3.05, 3.63) is 130 Å². The molecule has 13 heteroatoms. The Bertz CT molecular complexity index is 1870. The van der Waals surface area contributed by atoms with E-state index in [1.807, 2.05) is 18.2 Å². The van der Waals surface area contributed by atoms with Crippen molar-refractivity contribution in [3.8, 4) is 0 Å². The van der Waals surface area contributed by atoms with Gasteiger partial charge in [-0.1, -0.05) is 103 Å². The van der Waals surface area contributed by atoms with Crippen LogP contribution in [0.15, 0.2) is 108 Å². The molecule has 1 unspecified atom stereocenters. The van der Waals surface area contributed by atoms with Crippen molar-refractivity contribution in [2.24, 2.45) is 0 Å². The summed E-state index contributed by atoms with van der Waals surface area (Å²) in [6.45, 7) is -1.11. The minimum absolute atomic E-state index is 0.0835. The van der Waals surface area contributed by atoms with E-state index in [0.29, 0.717) is 21.0 Å². The van der Waals surface area contributed by atoms with Crippen LogP contribution in [0, 0.1) is 0 Å². The van der Waals surface area contributed by atoms with E-state index < -0.39 is 56.9 Å². The monoisotopic (exact) mass is 731 g/mol. The fraction of sp³-hybridized carbons (Fsp3) is 0.278. The van der Waals surface area contributed by atoms with E-state index in [-0.39, 0.29) is 23.9 Å². The SMILES string of the molecule is O=C(NC1CCCC1)C(Cc1ccccc1)N(Cc1ccccc1Cl)C(=O)CN(c1ccc(Cl)c(C(F)(F)F)c1)S(=O)(=O)c1ccccc1. The summed E-state index contributed by atoms with van der Waals surface area (Å²) in [6.07, 6.45) is -1.37. The van der Waals surface area contributed by atoms with E-state index in [1.165, 1.54) is 29.2 Å². The first-order valence-electron chi connectivity index (χ1n) is 15.7. The van der Waals surface area contributed by atoms with Gasteiger partial charge in [-0.05, 0) is 60.4 Å². The number of hydrogen-bond donors (Lipinski definition) is 1. The molecule has 0 radical (unpaired) electrons. The van der Waals surface area contributed by atoms with E-state index in [0.717, 1.165) is 43.4 Å². The highest BCUT2D eigenvalue weighted by atomic mass is 35.5. The number of benzene rings is 4. The third-order valence-corrected chi connectivity index (χ3v) is 10.9. The fourth-order valence-electron chi connectivity index (χ4n) is 5.87. The maximum Gasteiger partial charge on any atom is 0.417 e. The maximum atomic E-state index is 14.6. The van der Waals surface area contributed by atoms with Gasteiger partial charge in [0.15, 0.2) is 0 Å². The minimum Gasteiger partial charge on any atom is -0.352 e. The van der Waals surface area contributed by atoms with Gasteiger partial charge in [0.2, 0.25) is 11.8 Å². The van der Waals surface area contributed by atoms with Gasteiger partial charge in [0.25, 0.3) is 10.0 Å². The topological polar surface area (TPSA) is 86.8 Å². The van der Waals surface area contributed by atoms with Crippen LogP contribution >= 0.6 is 23.2 Å². The second-order valence-electron chi connectivity index (χ2n) is 11.8. The Morgan fingerprint density at radius 3 is 2.08 bits per heavy atom. The van der Waals surface area contributed by atoms with Gasteiger partial charge in [0.1, 0.15) is 12.6 Å². The Hall–Kier alpha value is -4.06. The Morgan fingerprint density at radius 2 is 1.45 bits per heavy atom. The number of anilines is 1. The summed E-state index contributed by atoms with van der Waals surface area (Å²) in [7, 11) is -4.61. The Labute approximate surface area is 293 Å². The van der Waals surface area contributed by atoms with Crippen LogP contribution in [0.5, 0.6) is 0 Å². The number of halogens is 5. The lowest BCUT2D eigenvalue weighted by molar-refractivity contribution is -0.140. The van der Waals surface area contributed by atoms with Crippen LogP contribution < -0.4 is 9.62 Å². The highest BCUT2D eigenvalue weighted by Gasteiger charge is 2.38. The number of carbonyl (C=O) groups is 2. The molecule has 2 amide bonds. The van der Waals surface area contributed by atoms with Crippen molar-refractivity contribution >= 4 is 50.7 Å². The number of amides is 2.